The van der Waals surface area contributed by atoms with Crippen LogP contribution in [0.4, 0.5) is 0 Å². The molecule has 0 aromatic heterocycles. The van der Waals surface area contributed by atoms with Gasteiger partial charge in [0.15, 0.2) is 0 Å². The molecule has 116 valence electrons. The van der Waals surface area contributed by atoms with Crippen molar-refractivity contribution in [3.8, 4) is 0 Å². The first-order valence-corrected chi connectivity index (χ1v) is 7.58. The largest absolute Gasteiger partial charge is 0.332 e. The van der Waals surface area contributed by atoms with Gasteiger partial charge in [-0.15, -0.1) is 0 Å². The molecule has 2 amide bonds. The number of carbonyl (C=O) groups is 2. The van der Waals surface area contributed by atoms with E-state index in [0.29, 0.717) is 13.1 Å². The third-order valence-corrected chi connectivity index (χ3v) is 3.83. The Morgan fingerprint density at radius 1 is 1.10 bits per heavy atom. The lowest BCUT2D eigenvalue weighted by atomic mass is 9.86. The number of rotatable bonds is 6. The van der Waals surface area contributed by atoms with Crippen molar-refractivity contribution in [2.45, 2.75) is 47.1 Å². The highest BCUT2D eigenvalue weighted by Crippen LogP contribution is 2.21. The summed E-state index contributed by atoms with van der Waals surface area (Å²) in [6, 6.07) is 0.201. The van der Waals surface area contributed by atoms with Crippen LogP contribution >= 0.6 is 0 Å². The van der Waals surface area contributed by atoms with Crippen molar-refractivity contribution in [2.24, 2.45) is 5.41 Å². The van der Waals surface area contributed by atoms with E-state index in [0.717, 1.165) is 13.0 Å². The van der Waals surface area contributed by atoms with E-state index in [-0.39, 0.29) is 36.4 Å². The Bertz CT molecular complexity index is 350. The van der Waals surface area contributed by atoms with E-state index in [2.05, 4.69) is 33.0 Å². The Hall–Kier alpha value is -1.10. The number of nitrogens with one attached hydrogen (secondary N) is 1. The van der Waals surface area contributed by atoms with Gasteiger partial charge < -0.3 is 15.1 Å². The average Bonchev–Trinajstić information content (AvgIpc) is 2.36. The summed E-state index contributed by atoms with van der Waals surface area (Å²) in [5.74, 6) is 0.106. The summed E-state index contributed by atoms with van der Waals surface area (Å²) < 4.78 is 0. The highest BCUT2D eigenvalue weighted by Gasteiger charge is 2.33. The molecule has 1 rings (SSSR count). The van der Waals surface area contributed by atoms with Crippen molar-refractivity contribution in [3.05, 3.63) is 0 Å². The van der Waals surface area contributed by atoms with Crippen molar-refractivity contribution in [3.63, 3.8) is 0 Å². The number of carbonyl (C=O) groups excluding carboxylic acids is 2. The fourth-order valence-electron chi connectivity index (χ4n) is 2.34. The lowest BCUT2D eigenvalue weighted by Gasteiger charge is -2.39. The van der Waals surface area contributed by atoms with Gasteiger partial charge in [0.2, 0.25) is 11.8 Å². The molecule has 0 radical (unpaired) electrons. The van der Waals surface area contributed by atoms with Gasteiger partial charge in [0, 0.05) is 19.1 Å². The SMILES string of the molecule is CCCNC(CN1CC(=O)N(CC)CC1=O)C(C)(C)C. The third kappa shape index (κ3) is 4.47. The molecule has 5 nitrogen and oxygen atoms in total. The second kappa shape index (κ2) is 7.07. The minimum atomic E-state index is 0.0512. The molecule has 0 aliphatic carbocycles. The lowest BCUT2D eigenvalue weighted by Crippen LogP contribution is -2.58. The van der Waals surface area contributed by atoms with Gasteiger partial charge in [-0.25, -0.2) is 0 Å². The zero-order valence-corrected chi connectivity index (χ0v) is 13.5. The van der Waals surface area contributed by atoms with Crippen molar-refractivity contribution in [1.29, 1.82) is 0 Å². The van der Waals surface area contributed by atoms with Gasteiger partial charge in [0.05, 0.1) is 13.1 Å². The second-order valence-electron chi connectivity index (χ2n) is 6.55. The van der Waals surface area contributed by atoms with Crippen molar-refractivity contribution < 1.29 is 9.59 Å². The molecule has 1 heterocycles. The third-order valence-electron chi connectivity index (χ3n) is 3.83. The van der Waals surface area contributed by atoms with Crippen LogP contribution in [0.3, 0.4) is 0 Å². The predicted molar refractivity (Wildman–Crippen MR) is 80.4 cm³/mol. The number of nitrogens with zero attached hydrogens (tertiary/aromatic N) is 2. The molecule has 20 heavy (non-hydrogen) atoms. The number of hydrogen-bond donors (Lipinski definition) is 1. The number of likely N-dealkylation sites (N-methyl/N-ethyl adjacent to an activating group) is 1. The molecule has 1 fully saturated rings. The first kappa shape index (κ1) is 17.0. The summed E-state index contributed by atoms with van der Waals surface area (Å²) >= 11 is 0. The van der Waals surface area contributed by atoms with Gasteiger partial charge in [-0.3, -0.25) is 9.59 Å². The fraction of sp³-hybridized carbons (Fsp3) is 0.867. The molecule has 1 N–H and O–H groups in total. The van der Waals surface area contributed by atoms with Crippen LogP contribution in [0.25, 0.3) is 0 Å². The molecule has 1 saturated heterocycles. The predicted octanol–water partition coefficient (Wildman–Crippen LogP) is 1.09. The van der Waals surface area contributed by atoms with Gasteiger partial charge in [0.25, 0.3) is 0 Å². The number of hydrogen-bond acceptors (Lipinski definition) is 3. The van der Waals surface area contributed by atoms with Gasteiger partial charge in [-0.2, -0.15) is 0 Å². The first-order valence-electron chi connectivity index (χ1n) is 7.58. The maximum atomic E-state index is 12.1. The van der Waals surface area contributed by atoms with E-state index in [1.54, 1.807) is 9.80 Å². The van der Waals surface area contributed by atoms with E-state index in [4.69, 9.17) is 0 Å². The van der Waals surface area contributed by atoms with Crippen LogP contribution in [0.2, 0.25) is 0 Å². The van der Waals surface area contributed by atoms with Crippen LogP contribution < -0.4 is 5.32 Å². The normalized spacial score (nSPS) is 18.6. The molecule has 0 aromatic rings. The fourth-order valence-corrected chi connectivity index (χ4v) is 2.34. The first-order chi connectivity index (χ1) is 9.29. The molecule has 0 spiro atoms. The van der Waals surface area contributed by atoms with Crippen LogP contribution in [0, 0.1) is 5.41 Å². The Morgan fingerprint density at radius 3 is 2.15 bits per heavy atom. The maximum absolute atomic E-state index is 12.1. The van der Waals surface area contributed by atoms with E-state index in [1.165, 1.54) is 0 Å². The summed E-state index contributed by atoms with van der Waals surface area (Å²) in [7, 11) is 0. The van der Waals surface area contributed by atoms with E-state index >= 15 is 0 Å². The van der Waals surface area contributed by atoms with E-state index in [1.807, 2.05) is 6.92 Å². The maximum Gasteiger partial charge on any atom is 0.242 e. The quantitative estimate of drug-likeness (QED) is 0.794. The monoisotopic (exact) mass is 283 g/mol. The zero-order chi connectivity index (χ0) is 15.3. The van der Waals surface area contributed by atoms with Crippen LogP contribution in [-0.4, -0.2) is 60.4 Å². The molecular weight excluding hydrogens is 254 g/mol. The summed E-state index contributed by atoms with van der Waals surface area (Å²) in [4.78, 5) is 27.4. The Kier molecular flexibility index (Phi) is 5.99. The Labute approximate surface area is 122 Å². The second-order valence-corrected chi connectivity index (χ2v) is 6.55. The minimum absolute atomic E-state index is 0.0512. The summed E-state index contributed by atoms with van der Waals surface area (Å²) in [6.07, 6.45) is 1.06. The molecular formula is C15H29N3O2. The minimum Gasteiger partial charge on any atom is -0.332 e. The number of piperazine rings is 1. The number of amides is 2. The van der Waals surface area contributed by atoms with Gasteiger partial charge in [0.1, 0.15) is 0 Å². The van der Waals surface area contributed by atoms with Gasteiger partial charge in [-0.1, -0.05) is 27.7 Å². The summed E-state index contributed by atoms with van der Waals surface area (Å²) in [6.45, 7) is 13.1. The summed E-state index contributed by atoms with van der Waals surface area (Å²) in [5.41, 5.74) is 0.0559. The van der Waals surface area contributed by atoms with Crippen molar-refractivity contribution >= 4 is 11.8 Å². The smallest absolute Gasteiger partial charge is 0.242 e. The van der Waals surface area contributed by atoms with E-state index in [9.17, 15) is 9.59 Å². The van der Waals surface area contributed by atoms with Gasteiger partial charge in [-0.05, 0) is 25.3 Å². The molecule has 0 aromatic carbocycles. The molecule has 0 saturated carbocycles. The Morgan fingerprint density at radius 2 is 1.65 bits per heavy atom. The van der Waals surface area contributed by atoms with Crippen LogP contribution in [0.1, 0.15) is 41.0 Å². The highest BCUT2D eigenvalue weighted by molar-refractivity contribution is 5.92. The van der Waals surface area contributed by atoms with Crippen molar-refractivity contribution in [1.82, 2.24) is 15.1 Å². The standard InChI is InChI=1S/C15H29N3O2/c1-6-8-16-12(15(3,4)5)9-18-11-13(19)17(7-2)10-14(18)20/h12,16H,6-11H2,1-5H3. The highest BCUT2D eigenvalue weighted by atomic mass is 16.2. The van der Waals surface area contributed by atoms with E-state index < -0.39 is 0 Å². The zero-order valence-electron chi connectivity index (χ0n) is 13.5. The van der Waals surface area contributed by atoms with Crippen LogP contribution in [0.5, 0.6) is 0 Å². The van der Waals surface area contributed by atoms with Crippen molar-refractivity contribution in [2.75, 3.05) is 32.7 Å². The van der Waals surface area contributed by atoms with Gasteiger partial charge >= 0.3 is 0 Å². The molecule has 1 aliphatic heterocycles. The Balaban J connectivity index is 2.68. The van der Waals surface area contributed by atoms with Crippen LogP contribution in [-0.2, 0) is 9.59 Å². The molecule has 5 heteroatoms. The lowest BCUT2D eigenvalue weighted by molar-refractivity contribution is -0.150. The van der Waals surface area contributed by atoms with Crippen LogP contribution in [0.15, 0.2) is 0 Å². The molecule has 1 unspecified atom stereocenters. The topological polar surface area (TPSA) is 52.7 Å². The average molecular weight is 283 g/mol. The molecule has 1 aliphatic rings. The summed E-state index contributed by atoms with van der Waals surface area (Å²) in [5, 5.41) is 3.50. The molecule has 0 bridgehead atoms. The molecule has 1 atom stereocenters.